The van der Waals surface area contributed by atoms with Gasteiger partial charge in [0.15, 0.2) is 0 Å². The standard InChI is InChI=1S/C16H14N3O.Ir/c1-12-17-18-16(13-8-10-15(20-2)11-9-13)19(12)14-6-4-3-5-7-14;/h3-8,10-11H,1-2H3;/q-1;. The van der Waals surface area contributed by atoms with Gasteiger partial charge in [-0.15, -0.1) is 34.9 Å². The molecule has 0 bridgehead atoms. The van der Waals surface area contributed by atoms with Crippen LogP contribution in [0.2, 0.25) is 0 Å². The second-order valence-electron chi connectivity index (χ2n) is 4.38. The third-order valence-corrected chi connectivity index (χ3v) is 3.10. The molecule has 0 saturated carbocycles. The van der Waals surface area contributed by atoms with E-state index in [9.17, 15) is 0 Å². The number of aromatic nitrogens is 3. The first-order chi connectivity index (χ1) is 9.79. The molecule has 21 heavy (non-hydrogen) atoms. The van der Waals surface area contributed by atoms with Crippen molar-refractivity contribution in [3.63, 3.8) is 0 Å². The van der Waals surface area contributed by atoms with Crippen LogP contribution in [0.25, 0.3) is 17.1 Å². The number of benzene rings is 2. The molecule has 1 heterocycles. The molecule has 0 aliphatic carbocycles. The molecule has 0 unspecified atom stereocenters. The zero-order valence-corrected chi connectivity index (χ0v) is 14.1. The van der Waals surface area contributed by atoms with E-state index in [4.69, 9.17) is 4.74 Å². The quantitative estimate of drug-likeness (QED) is 0.569. The molecule has 0 spiro atoms. The smallest absolute Gasteiger partial charge is 0.125 e. The first-order valence-electron chi connectivity index (χ1n) is 6.33. The van der Waals surface area contributed by atoms with Crippen LogP contribution in [0.4, 0.5) is 0 Å². The van der Waals surface area contributed by atoms with Crippen molar-refractivity contribution in [1.82, 2.24) is 14.8 Å². The summed E-state index contributed by atoms with van der Waals surface area (Å²) >= 11 is 0. The van der Waals surface area contributed by atoms with Crippen molar-refractivity contribution in [2.24, 2.45) is 0 Å². The van der Waals surface area contributed by atoms with Crippen LogP contribution in [0.5, 0.6) is 5.75 Å². The minimum absolute atomic E-state index is 0. The van der Waals surface area contributed by atoms with Gasteiger partial charge in [-0.3, -0.25) is 0 Å². The van der Waals surface area contributed by atoms with Crippen LogP contribution in [0.1, 0.15) is 5.82 Å². The Bertz CT molecular complexity index is 708. The Kier molecular flexibility index (Phi) is 4.89. The molecule has 1 aromatic heterocycles. The van der Waals surface area contributed by atoms with Crippen LogP contribution in [0.15, 0.2) is 48.5 Å². The predicted molar refractivity (Wildman–Crippen MR) is 76.9 cm³/mol. The molecule has 5 heteroatoms. The normalized spacial score (nSPS) is 10.0. The van der Waals surface area contributed by atoms with Crippen molar-refractivity contribution >= 4 is 0 Å². The number of nitrogens with zero attached hydrogens (tertiary/aromatic N) is 3. The van der Waals surface area contributed by atoms with Crippen molar-refractivity contribution in [1.29, 1.82) is 0 Å². The summed E-state index contributed by atoms with van der Waals surface area (Å²) in [6, 6.07) is 18.8. The van der Waals surface area contributed by atoms with Crippen molar-refractivity contribution in [2.75, 3.05) is 7.11 Å². The van der Waals surface area contributed by atoms with Crippen LogP contribution < -0.4 is 4.74 Å². The maximum absolute atomic E-state index is 5.15. The summed E-state index contributed by atoms with van der Waals surface area (Å²) in [5.74, 6) is 2.39. The molecular formula is C16H14IrN3O-. The molecule has 3 aromatic rings. The number of hydrogen-bond acceptors (Lipinski definition) is 3. The molecule has 0 atom stereocenters. The average molecular weight is 457 g/mol. The minimum Gasteiger partial charge on any atom is -0.540 e. The molecule has 109 valence electrons. The summed E-state index contributed by atoms with van der Waals surface area (Å²) in [6.07, 6.45) is 0. The Morgan fingerprint density at radius 2 is 1.81 bits per heavy atom. The van der Waals surface area contributed by atoms with E-state index in [1.54, 1.807) is 13.2 Å². The van der Waals surface area contributed by atoms with E-state index in [1.807, 2.05) is 54.0 Å². The van der Waals surface area contributed by atoms with E-state index in [-0.39, 0.29) is 20.1 Å². The van der Waals surface area contributed by atoms with E-state index in [1.165, 1.54) is 0 Å². The monoisotopic (exact) mass is 457 g/mol. The Labute approximate surface area is 137 Å². The van der Waals surface area contributed by atoms with Crippen molar-refractivity contribution < 1.29 is 24.8 Å². The summed E-state index contributed by atoms with van der Waals surface area (Å²) in [5.41, 5.74) is 1.92. The third kappa shape index (κ3) is 3.04. The molecule has 0 fully saturated rings. The molecule has 1 radical (unpaired) electrons. The van der Waals surface area contributed by atoms with E-state index in [2.05, 4.69) is 16.3 Å². The SMILES string of the molecule is COc1c[c-]c(-c2nnc(C)n2-c2ccccc2)cc1.[Ir]. The van der Waals surface area contributed by atoms with Crippen molar-refractivity contribution in [2.45, 2.75) is 6.92 Å². The van der Waals surface area contributed by atoms with Crippen molar-refractivity contribution in [3.05, 3.63) is 60.4 Å². The number of ether oxygens (including phenoxy) is 1. The Balaban J connectivity index is 0.00000161. The minimum atomic E-state index is 0. The third-order valence-electron chi connectivity index (χ3n) is 3.10. The molecule has 0 saturated heterocycles. The van der Waals surface area contributed by atoms with Gasteiger partial charge in [0.25, 0.3) is 0 Å². The first kappa shape index (κ1) is 15.4. The predicted octanol–water partition coefficient (Wildman–Crippen LogP) is 3.05. The zero-order chi connectivity index (χ0) is 13.9. The van der Waals surface area contributed by atoms with Crippen LogP contribution in [0, 0.1) is 13.0 Å². The Morgan fingerprint density at radius 1 is 1.05 bits per heavy atom. The van der Waals surface area contributed by atoms with Crippen LogP contribution in [0.3, 0.4) is 0 Å². The van der Waals surface area contributed by atoms with Crippen LogP contribution in [-0.4, -0.2) is 21.9 Å². The van der Waals surface area contributed by atoms with Gasteiger partial charge in [0.1, 0.15) is 5.82 Å². The second kappa shape index (κ2) is 6.66. The van der Waals surface area contributed by atoms with Gasteiger partial charge in [0.05, 0.1) is 12.9 Å². The fraction of sp³-hybridized carbons (Fsp3) is 0.125. The number of rotatable bonds is 3. The molecule has 2 aromatic carbocycles. The fourth-order valence-electron chi connectivity index (χ4n) is 2.10. The number of hydrogen-bond donors (Lipinski definition) is 0. The molecule has 0 aliphatic heterocycles. The molecular weight excluding hydrogens is 442 g/mol. The van der Waals surface area contributed by atoms with Crippen LogP contribution in [-0.2, 0) is 20.1 Å². The van der Waals surface area contributed by atoms with Gasteiger partial charge in [-0.1, -0.05) is 18.2 Å². The van der Waals surface area contributed by atoms with Gasteiger partial charge in [-0.05, 0) is 19.1 Å². The summed E-state index contributed by atoms with van der Waals surface area (Å²) in [6.45, 7) is 1.94. The van der Waals surface area contributed by atoms with Gasteiger partial charge in [0.2, 0.25) is 0 Å². The molecule has 4 nitrogen and oxygen atoms in total. The average Bonchev–Trinajstić information content (AvgIpc) is 2.90. The summed E-state index contributed by atoms with van der Waals surface area (Å²) < 4.78 is 7.16. The number of para-hydroxylation sites is 1. The van der Waals surface area contributed by atoms with Gasteiger partial charge in [-0.25, -0.2) is 0 Å². The van der Waals surface area contributed by atoms with Gasteiger partial charge in [0, 0.05) is 31.5 Å². The van der Waals surface area contributed by atoms with E-state index >= 15 is 0 Å². The van der Waals surface area contributed by atoms with Gasteiger partial charge in [-0.2, -0.15) is 5.10 Å². The molecule has 0 amide bonds. The Morgan fingerprint density at radius 3 is 2.43 bits per heavy atom. The maximum Gasteiger partial charge on any atom is 0.125 e. The van der Waals surface area contributed by atoms with Crippen molar-refractivity contribution in [3.8, 4) is 22.8 Å². The fourth-order valence-corrected chi connectivity index (χ4v) is 2.10. The van der Waals surface area contributed by atoms with E-state index in [0.29, 0.717) is 0 Å². The molecule has 0 N–H and O–H groups in total. The van der Waals surface area contributed by atoms with Gasteiger partial charge >= 0.3 is 0 Å². The topological polar surface area (TPSA) is 39.9 Å². The zero-order valence-electron chi connectivity index (χ0n) is 11.7. The largest absolute Gasteiger partial charge is 0.540 e. The summed E-state index contributed by atoms with van der Waals surface area (Å²) in [7, 11) is 1.64. The maximum atomic E-state index is 5.15. The molecule has 3 rings (SSSR count). The summed E-state index contributed by atoms with van der Waals surface area (Å²) in [4.78, 5) is 0. The molecule has 0 aliphatic rings. The Hall–Kier alpha value is -1.97. The van der Waals surface area contributed by atoms with E-state index in [0.717, 1.165) is 28.6 Å². The number of aryl methyl sites for hydroxylation is 1. The van der Waals surface area contributed by atoms with Gasteiger partial charge < -0.3 is 9.30 Å². The van der Waals surface area contributed by atoms with Crippen LogP contribution >= 0.6 is 0 Å². The van der Waals surface area contributed by atoms with E-state index < -0.39 is 0 Å². The summed E-state index contributed by atoms with van der Waals surface area (Å²) in [5, 5.41) is 8.43. The first-order valence-corrected chi connectivity index (χ1v) is 6.33. The second-order valence-corrected chi connectivity index (χ2v) is 4.38. The number of methoxy groups -OCH3 is 1.